The number of methoxy groups -OCH3 is 1. The van der Waals surface area contributed by atoms with Crippen molar-refractivity contribution in [3.8, 4) is 5.75 Å². The average molecular weight is 388 g/mol. The Labute approximate surface area is 164 Å². The second-order valence-corrected chi connectivity index (χ2v) is 6.69. The molecule has 0 radical (unpaired) electrons. The van der Waals surface area contributed by atoms with Gasteiger partial charge in [-0.15, -0.1) is 0 Å². The van der Waals surface area contributed by atoms with Crippen molar-refractivity contribution in [2.75, 3.05) is 32.6 Å². The van der Waals surface area contributed by atoms with E-state index in [0.717, 1.165) is 10.5 Å². The molecule has 28 heavy (non-hydrogen) atoms. The Kier molecular flexibility index (Phi) is 7.95. The van der Waals surface area contributed by atoms with Gasteiger partial charge in [-0.1, -0.05) is 12.1 Å². The molecule has 0 fully saturated rings. The van der Waals surface area contributed by atoms with Crippen molar-refractivity contribution in [1.29, 1.82) is 0 Å². The van der Waals surface area contributed by atoms with Gasteiger partial charge in [0, 0.05) is 12.2 Å². The molecular weight excluding hydrogens is 361 g/mol. The molecule has 2 aromatic rings. The Bertz CT molecular complexity index is 778. The second-order valence-electron chi connectivity index (χ2n) is 6.69. The summed E-state index contributed by atoms with van der Waals surface area (Å²) in [4.78, 5) is 25.3. The first-order chi connectivity index (χ1) is 13.4. The van der Waals surface area contributed by atoms with Gasteiger partial charge in [-0.2, -0.15) is 0 Å². The topological polar surface area (TPSA) is 71.9 Å². The number of anilines is 1. The highest BCUT2D eigenvalue weighted by Gasteiger charge is 2.23. The highest BCUT2D eigenvalue weighted by molar-refractivity contribution is 5.91. The zero-order valence-corrected chi connectivity index (χ0v) is 16.4. The number of hydrogen-bond acceptors (Lipinski definition) is 3. The van der Waals surface area contributed by atoms with Crippen LogP contribution in [0.5, 0.6) is 5.75 Å². The van der Waals surface area contributed by atoms with Crippen LogP contribution in [-0.4, -0.2) is 45.1 Å². The van der Waals surface area contributed by atoms with Crippen LogP contribution in [0.3, 0.4) is 0 Å². The molecule has 0 aliphatic heterocycles. The van der Waals surface area contributed by atoms with E-state index in [4.69, 9.17) is 4.74 Å². The molecule has 0 saturated carbocycles. The summed E-state index contributed by atoms with van der Waals surface area (Å²) in [5.74, 6) is 0.136. The summed E-state index contributed by atoms with van der Waals surface area (Å²) in [6.45, 7) is 2.40. The summed E-state index contributed by atoms with van der Waals surface area (Å²) >= 11 is 0. The van der Waals surface area contributed by atoms with E-state index in [1.807, 2.05) is 0 Å². The van der Waals surface area contributed by atoms with Crippen LogP contribution in [0.25, 0.3) is 0 Å². The summed E-state index contributed by atoms with van der Waals surface area (Å²) in [5, 5.41) is 5.67. The average Bonchev–Trinajstić information content (AvgIpc) is 2.69. The number of carbonyl (C=O) groups excluding carboxylic acids is 2. The largest absolute Gasteiger partial charge is 0.497 e. The number of amides is 2. The predicted octanol–water partition coefficient (Wildman–Crippen LogP) is 1.03. The van der Waals surface area contributed by atoms with Crippen molar-refractivity contribution in [3.05, 3.63) is 59.9 Å². The monoisotopic (exact) mass is 388 g/mol. The first kappa shape index (κ1) is 21.4. The minimum absolute atomic E-state index is 0.128. The molecule has 3 N–H and O–H groups in total. The van der Waals surface area contributed by atoms with Gasteiger partial charge in [-0.05, 0) is 55.3 Å². The van der Waals surface area contributed by atoms with Crippen LogP contribution in [-0.2, 0) is 16.0 Å². The molecule has 2 amide bonds. The number of quaternary nitrogens is 1. The fourth-order valence-electron chi connectivity index (χ4n) is 2.64. The summed E-state index contributed by atoms with van der Waals surface area (Å²) in [5.41, 5.74) is 1.63. The number of rotatable bonds is 9. The highest BCUT2D eigenvalue weighted by Crippen LogP contribution is 2.14. The van der Waals surface area contributed by atoms with Crippen molar-refractivity contribution in [1.82, 2.24) is 5.32 Å². The quantitative estimate of drug-likeness (QED) is 0.601. The molecule has 1 unspecified atom stereocenters. The standard InChI is InChI=1S/C21H26FN3O3/c1-15(21(27)23-13-12-16-4-6-17(22)7-5-16)25(2)14-20(26)24-18-8-10-19(28-3)11-9-18/h4-11,15H,12-14H2,1-3H3,(H,23,27)(H,24,26)/p+1/t15-/m0/s1. The number of nitrogens with one attached hydrogen (secondary N) is 3. The minimum Gasteiger partial charge on any atom is -0.497 e. The van der Waals surface area contributed by atoms with Gasteiger partial charge in [-0.3, -0.25) is 9.59 Å². The van der Waals surface area contributed by atoms with Crippen molar-refractivity contribution < 1.29 is 23.6 Å². The van der Waals surface area contributed by atoms with E-state index in [0.29, 0.717) is 24.4 Å². The molecule has 0 aromatic heterocycles. The zero-order valence-electron chi connectivity index (χ0n) is 16.4. The molecule has 0 heterocycles. The lowest BCUT2D eigenvalue weighted by Gasteiger charge is -2.20. The summed E-state index contributed by atoms with van der Waals surface area (Å²) in [6.07, 6.45) is 0.621. The fourth-order valence-corrected chi connectivity index (χ4v) is 2.64. The van der Waals surface area contributed by atoms with Crippen molar-refractivity contribution in [2.45, 2.75) is 19.4 Å². The van der Waals surface area contributed by atoms with E-state index >= 15 is 0 Å². The SMILES string of the molecule is COc1ccc(NC(=O)C[NH+](C)[C@@H](C)C(=O)NCCc2ccc(F)cc2)cc1. The van der Waals surface area contributed by atoms with E-state index in [9.17, 15) is 14.0 Å². The Morgan fingerprint density at radius 2 is 1.75 bits per heavy atom. The normalized spacial score (nSPS) is 12.7. The third-order valence-electron chi connectivity index (χ3n) is 4.57. The first-order valence-electron chi connectivity index (χ1n) is 9.17. The maximum Gasteiger partial charge on any atom is 0.279 e. The molecule has 150 valence electrons. The molecular formula is C21H27FN3O3+. The molecule has 0 aliphatic carbocycles. The maximum atomic E-state index is 12.9. The highest BCUT2D eigenvalue weighted by atomic mass is 19.1. The predicted molar refractivity (Wildman–Crippen MR) is 106 cm³/mol. The van der Waals surface area contributed by atoms with E-state index in [-0.39, 0.29) is 30.2 Å². The van der Waals surface area contributed by atoms with Crippen LogP contribution in [0.4, 0.5) is 10.1 Å². The van der Waals surface area contributed by atoms with Crippen LogP contribution < -0.4 is 20.3 Å². The lowest BCUT2D eigenvalue weighted by atomic mass is 10.1. The number of carbonyl (C=O) groups is 2. The molecule has 0 aliphatic rings. The molecule has 0 bridgehead atoms. The molecule has 0 spiro atoms. The van der Waals surface area contributed by atoms with Crippen LogP contribution in [0.15, 0.2) is 48.5 Å². The maximum absolute atomic E-state index is 12.9. The Balaban J connectivity index is 1.75. The van der Waals surface area contributed by atoms with Crippen LogP contribution in [0.2, 0.25) is 0 Å². The molecule has 2 aromatic carbocycles. The van der Waals surface area contributed by atoms with Crippen LogP contribution in [0.1, 0.15) is 12.5 Å². The molecule has 2 rings (SSSR count). The van der Waals surface area contributed by atoms with Gasteiger partial charge >= 0.3 is 0 Å². The first-order valence-corrected chi connectivity index (χ1v) is 9.17. The van der Waals surface area contributed by atoms with Crippen molar-refractivity contribution in [3.63, 3.8) is 0 Å². The van der Waals surface area contributed by atoms with Gasteiger partial charge in [0.15, 0.2) is 12.6 Å². The Morgan fingerprint density at radius 3 is 2.36 bits per heavy atom. The van der Waals surface area contributed by atoms with Crippen LogP contribution >= 0.6 is 0 Å². The van der Waals surface area contributed by atoms with Gasteiger partial charge in [0.25, 0.3) is 11.8 Å². The third-order valence-corrected chi connectivity index (χ3v) is 4.57. The number of benzene rings is 2. The zero-order chi connectivity index (χ0) is 20.5. The number of hydrogen-bond donors (Lipinski definition) is 3. The number of halogens is 1. The Hall–Kier alpha value is -2.93. The van der Waals surface area contributed by atoms with E-state index in [1.54, 1.807) is 57.5 Å². The smallest absolute Gasteiger partial charge is 0.279 e. The lowest BCUT2D eigenvalue weighted by molar-refractivity contribution is -0.885. The lowest BCUT2D eigenvalue weighted by Crippen LogP contribution is -3.15. The fraction of sp³-hybridized carbons (Fsp3) is 0.333. The van der Waals surface area contributed by atoms with E-state index < -0.39 is 0 Å². The molecule has 2 atom stereocenters. The van der Waals surface area contributed by atoms with Gasteiger partial charge in [-0.25, -0.2) is 4.39 Å². The number of likely N-dealkylation sites (N-methyl/N-ethyl adjacent to an activating group) is 1. The Morgan fingerprint density at radius 1 is 1.11 bits per heavy atom. The van der Waals surface area contributed by atoms with E-state index in [2.05, 4.69) is 10.6 Å². The van der Waals surface area contributed by atoms with Gasteiger partial charge < -0.3 is 20.3 Å². The van der Waals surface area contributed by atoms with Gasteiger partial charge in [0.05, 0.1) is 14.2 Å². The molecule has 0 saturated heterocycles. The number of ether oxygens (including phenoxy) is 1. The van der Waals surface area contributed by atoms with E-state index in [1.165, 1.54) is 12.1 Å². The van der Waals surface area contributed by atoms with Crippen LogP contribution in [0, 0.1) is 5.82 Å². The summed E-state index contributed by atoms with van der Waals surface area (Å²) in [6, 6.07) is 12.9. The third kappa shape index (κ3) is 6.66. The van der Waals surface area contributed by atoms with Crippen molar-refractivity contribution in [2.24, 2.45) is 0 Å². The summed E-state index contributed by atoms with van der Waals surface area (Å²) in [7, 11) is 3.38. The molecule has 6 nitrogen and oxygen atoms in total. The van der Waals surface area contributed by atoms with Crippen molar-refractivity contribution >= 4 is 17.5 Å². The van der Waals surface area contributed by atoms with Gasteiger partial charge in [0.1, 0.15) is 11.6 Å². The van der Waals surface area contributed by atoms with Gasteiger partial charge in [0.2, 0.25) is 0 Å². The second kappa shape index (κ2) is 10.4. The minimum atomic E-state index is -0.380. The summed E-state index contributed by atoms with van der Waals surface area (Å²) < 4.78 is 18.0. The molecule has 7 heteroatoms.